The molecule has 0 bridgehead atoms. The lowest BCUT2D eigenvalue weighted by molar-refractivity contribution is 1.06. The molecule has 3 rings (SSSR count). The molecule has 0 saturated carbocycles. The average Bonchev–Trinajstić information content (AvgIpc) is 2.87. The molecule has 2 N–H and O–H groups in total. The van der Waals surface area contributed by atoms with E-state index in [2.05, 4.69) is 25.4 Å². The molecule has 3 aromatic rings. The van der Waals surface area contributed by atoms with Gasteiger partial charge in [0.2, 0.25) is 0 Å². The van der Waals surface area contributed by atoms with Crippen molar-refractivity contribution in [3.05, 3.63) is 64.7 Å². The van der Waals surface area contributed by atoms with Gasteiger partial charge in [0, 0.05) is 18.0 Å². The van der Waals surface area contributed by atoms with Crippen LogP contribution < -0.4 is 5.56 Å². The second-order valence-corrected chi connectivity index (χ2v) is 4.58. The van der Waals surface area contributed by atoms with E-state index in [4.69, 9.17) is 0 Å². The molecular weight excluding hydrogens is 266 g/mol. The predicted octanol–water partition coefficient (Wildman–Crippen LogP) is 3.49. The largest absolute Gasteiger partial charge is 0.295 e. The van der Waals surface area contributed by atoms with Gasteiger partial charge in [-0.15, -0.1) is 5.11 Å². The fourth-order valence-electron chi connectivity index (χ4n) is 1.97. The Bertz CT molecular complexity index is 833. The molecule has 0 radical (unpaired) electrons. The number of hydrogen-bond donors (Lipinski definition) is 2. The Balaban J connectivity index is 2.00. The van der Waals surface area contributed by atoms with Crippen molar-refractivity contribution < 1.29 is 0 Å². The van der Waals surface area contributed by atoms with E-state index >= 15 is 0 Å². The number of aromatic nitrogens is 3. The Morgan fingerprint density at radius 2 is 1.86 bits per heavy atom. The summed E-state index contributed by atoms with van der Waals surface area (Å²) in [7, 11) is 0. The fourth-order valence-corrected chi connectivity index (χ4v) is 1.97. The first kappa shape index (κ1) is 13.0. The minimum Gasteiger partial charge on any atom is -0.295 e. The molecule has 0 aliphatic heterocycles. The number of aromatic amines is 2. The van der Waals surface area contributed by atoms with Crippen LogP contribution in [0.1, 0.15) is 5.56 Å². The van der Waals surface area contributed by atoms with Gasteiger partial charge in [0.25, 0.3) is 5.56 Å². The maximum absolute atomic E-state index is 11.8. The van der Waals surface area contributed by atoms with E-state index in [0.717, 1.165) is 11.1 Å². The molecule has 0 fully saturated rings. The number of aryl methyl sites for hydroxylation is 1. The SMILES string of the molecule is Cc1cccc(N=Nc2c(-c3ccncc3)[nH][nH]c2=O)c1. The standard InChI is InChI=1S/C15H13N5O/c1-10-3-2-4-12(9-10)17-19-14-13(18-20-15(14)21)11-5-7-16-8-6-11/h2-9H,1H3,(H2,18,20,21). The summed E-state index contributed by atoms with van der Waals surface area (Å²) in [6, 6.07) is 11.2. The Labute approximate surface area is 120 Å². The number of H-pyrrole nitrogens is 2. The molecular formula is C15H13N5O. The molecule has 6 nitrogen and oxygen atoms in total. The van der Waals surface area contributed by atoms with Gasteiger partial charge in [-0.05, 0) is 36.8 Å². The van der Waals surface area contributed by atoms with Crippen LogP contribution in [0.5, 0.6) is 0 Å². The highest BCUT2D eigenvalue weighted by atomic mass is 16.1. The van der Waals surface area contributed by atoms with E-state index in [9.17, 15) is 4.79 Å². The van der Waals surface area contributed by atoms with Gasteiger partial charge in [-0.2, -0.15) is 5.11 Å². The van der Waals surface area contributed by atoms with Crippen molar-refractivity contribution >= 4 is 11.4 Å². The van der Waals surface area contributed by atoms with E-state index in [-0.39, 0.29) is 11.2 Å². The van der Waals surface area contributed by atoms with Crippen molar-refractivity contribution in [2.45, 2.75) is 6.92 Å². The zero-order chi connectivity index (χ0) is 14.7. The zero-order valence-electron chi connectivity index (χ0n) is 11.4. The molecule has 0 atom stereocenters. The van der Waals surface area contributed by atoms with Crippen LogP contribution in [-0.4, -0.2) is 15.2 Å². The summed E-state index contributed by atoms with van der Waals surface area (Å²) >= 11 is 0. The van der Waals surface area contributed by atoms with Gasteiger partial charge >= 0.3 is 0 Å². The van der Waals surface area contributed by atoms with Gasteiger partial charge in [-0.3, -0.25) is 20.0 Å². The van der Waals surface area contributed by atoms with Crippen LogP contribution in [0.2, 0.25) is 0 Å². The molecule has 0 unspecified atom stereocenters. The summed E-state index contributed by atoms with van der Waals surface area (Å²) in [5, 5.41) is 13.6. The molecule has 21 heavy (non-hydrogen) atoms. The Morgan fingerprint density at radius 1 is 1.05 bits per heavy atom. The van der Waals surface area contributed by atoms with Crippen molar-refractivity contribution in [3.8, 4) is 11.3 Å². The molecule has 6 heteroatoms. The summed E-state index contributed by atoms with van der Waals surface area (Å²) in [6.07, 6.45) is 3.31. The van der Waals surface area contributed by atoms with E-state index in [1.54, 1.807) is 24.5 Å². The maximum Gasteiger partial charge on any atom is 0.292 e. The molecule has 0 spiro atoms. The van der Waals surface area contributed by atoms with Crippen molar-refractivity contribution in [2.75, 3.05) is 0 Å². The second kappa shape index (κ2) is 5.54. The van der Waals surface area contributed by atoms with Crippen molar-refractivity contribution in [1.29, 1.82) is 0 Å². The van der Waals surface area contributed by atoms with E-state index in [1.165, 1.54) is 0 Å². The summed E-state index contributed by atoms with van der Waals surface area (Å²) in [5.74, 6) is 0. The predicted molar refractivity (Wildman–Crippen MR) is 80.0 cm³/mol. The first-order valence-corrected chi connectivity index (χ1v) is 6.43. The highest BCUT2D eigenvalue weighted by Crippen LogP contribution is 2.25. The molecule has 104 valence electrons. The highest BCUT2D eigenvalue weighted by Gasteiger charge is 2.11. The number of pyridine rings is 1. The lowest BCUT2D eigenvalue weighted by Gasteiger charge is -1.97. The number of hydrogen-bond acceptors (Lipinski definition) is 4. The summed E-state index contributed by atoms with van der Waals surface area (Å²) in [5.41, 5.74) is 3.15. The van der Waals surface area contributed by atoms with Gasteiger partial charge in [-0.1, -0.05) is 12.1 Å². The zero-order valence-corrected chi connectivity index (χ0v) is 11.4. The fraction of sp³-hybridized carbons (Fsp3) is 0.0667. The van der Waals surface area contributed by atoms with Crippen molar-refractivity contribution in [2.24, 2.45) is 10.2 Å². The van der Waals surface area contributed by atoms with Crippen LogP contribution in [-0.2, 0) is 0 Å². The number of nitrogens with zero attached hydrogens (tertiary/aromatic N) is 3. The quantitative estimate of drug-likeness (QED) is 0.719. The molecule has 0 saturated heterocycles. The molecule has 0 amide bonds. The number of rotatable bonds is 3. The third-order valence-corrected chi connectivity index (χ3v) is 2.99. The first-order chi connectivity index (χ1) is 10.2. The molecule has 1 aromatic carbocycles. The van der Waals surface area contributed by atoms with Gasteiger partial charge in [0.1, 0.15) is 0 Å². The van der Waals surface area contributed by atoms with E-state index in [0.29, 0.717) is 11.4 Å². The van der Waals surface area contributed by atoms with Gasteiger partial charge < -0.3 is 0 Å². The first-order valence-electron chi connectivity index (χ1n) is 6.43. The Hall–Kier alpha value is -3.02. The van der Waals surface area contributed by atoms with Crippen LogP contribution in [0.3, 0.4) is 0 Å². The number of azo groups is 1. The second-order valence-electron chi connectivity index (χ2n) is 4.58. The lowest BCUT2D eigenvalue weighted by atomic mass is 10.2. The van der Waals surface area contributed by atoms with Crippen LogP contribution in [0.4, 0.5) is 11.4 Å². The average molecular weight is 279 g/mol. The topological polar surface area (TPSA) is 86.3 Å². The van der Waals surface area contributed by atoms with Gasteiger partial charge in [-0.25, -0.2) is 0 Å². The third-order valence-electron chi connectivity index (χ3n) is 2.99. The van der Waals surface area contributed by atoms with E-state index < -0.39 is 0 Å². The number of benzene rings is 1. The maximum atomic E-state index is 11.8. The highest BCUT2D eigenvalue weighted by molar-refractivity contribution is 5.70. The van der Waals surface area contributed by atoms with Crippen LogP contribution in [0.15, 0.2) is 63.8 Å². The summed E-state index contributed by atoms with van der Waals surface area (Å²) in [6.45, 7) is 1.98. The molecule has 2 aromatic heterocycles. The summed E-state index contributed by atoms with van der Waals surface area (Å²) in [4.78, 5) is 15.8. The Morgan fingerprint density at radius 3 is 2.62 bits per heavy atom. The van der Waals surface area contributed by atoms with Crippen LogP contribution in [0, 0.1) is 6.92 Å². The third kappa shape index (κ3) is 2.79. The van der Waals surface area contributed by atoms with E-state index in [1.807, 2.05) is 31.2 Å². The molecule has 0 aliphatic carbocycles. The lowest BCUT2D eigenvalue weighted by Crippen LogP contribution is -1.96. The monoisotopic (exact) mass is 279 g/mol. The minimum absolute atomic E-state index is 0.253. The van der Waals surface area contributed by atoms with Crippen LogP contribution >= 0.6 is 0 Å². The normalized spacial score (nSPS) is 11.1. The summed E-state index contributed by atoms with van der Waals surface area (Å²) < 4.78 is 0. The number of nitrogens with one attached hydrogen (secondary N) is 2. The van der Waals surface area contributed by atoms with Gasteiger partial charge in [0.05, 0.1) is 11.4 Å². The van der Waals surface area contributed by atoms with Crippen molar-refractivity contribution in [1.82, 2.24) is 15.2 Å². The van der Waals surface area contributed by atoms with Crippen LogP contribution in [0.25, 0.3) is 11.3 Å². The molecule has 0 aliphatic rings. The minimum atomic E-state index is -0.307. The van der Waals surface area contributed by atoms with Crippen molar-refractivity contribution in [3.63, 3.8) is 0 Å². The Kier molecular flexibility index (Phi) is 3.42. The smallest absolute Gasteiger partial charge is 0.292 e. The van der Waals surface area contributed by atoms with Gasteiger partial charge in [0.15, 0.2) is 5.69 Å². The molecule has 2 heterocycles.